The van der Waals surface area contributed by atoms with Crippen molar-refractivity contribution in [1.82, 2.24) is 14.8 Å². The van der Waals surface area contributed by atoms with Crippen LogP contribution in [0.1, 0.15) is 19.9 Å². The van der Waals surface area contributed by atoms with Crippen LogP contribution in [0.2, 0.25) is 0 Å². The third-order valence-corrected chi connectivity index (χ3v) is 2.89. The highest BCUT2D eigenvalue weighted by Gasteiger charge is 2.13. The quantitative estimate of drug-likeness (QED) is 0.827. The molecule has 0 spiro atoms. The number of aromatic amines is 1. The standard InChI is InChI=1S/C9H11BrN4O/c1-4(2)14-3-5(10)7-6(9(14)15)8(11)13-12-7/h3-4H,1-2H3,(H3,11,12,13). The third-order valence-electron chi connectivity index (χ3n) is 2.29. The van der Waals surface area contributed by atoms with E-state index in [1.165, 1.54) is 0 Å². The van der Waals surface area contributed by atoms with Gasteiger partial charge in [-0.1, -0.05) is 0 Å². The summed E-state index contributed by atoms with van der Waals surface area (Å²) >= 11 is 3.38. The molecule has 0 saturated heterocycles. The lowest BCUT2D eigenvalue weighted by molar-refractivity contribution is 0.581. The number of nitrogens with zero attached hydrogens (tertiary/aromatic N) is 2. The lowest BCUT2D eigenvalue weighted by Gasteiger charge is -2.10. The van der Waals surface area contributed by atoms with Crippen LogP contribution < -0.4 is 11.3 Å². The highest BCUT2D eigenvalue weighted by Crippen LogP contribution is 2.23. The van der Waals surface area contributed by atoms with E-state index in [1.54, 1.807) is 10.8 Å². The average Bonchev–Trinajstić information content (AvgIpc) is 2.54. The van der Waals surface area contributed by atoms with E-state index in [2.05, 4.69) is 26.1 Å². The Morgan fingerprint density at radius 3 is 2.87 bits per heavy atom. The van der Waals surface area contributed by atoms with E-state index >= 15 is 0 Å². The van der Waals surface area contributed by atoms with Crippen molar-refractivity contribution in [1.29, 1.82) is 0 Å². The molecule has 0 aliphatic rings. The van der Waals surface area contributed by atoms with Crippen LogP contribution in [0.25, 0.3) is 10.9 Å². The molecule has 0 fully saturated rings. The Morgan fingerprint density at radius 2 is 2.27 bits per heavy atom. The second-order valence-corrected chi connectivity index (χ2v) is 4.50. The number of fused-ring (bicyclic) bond motifs is 1. The van der Waals surface area contributed by atoms with E-state index < -0.39 is 0 Å². The predicted octanol–water partition coefficient (Wildman–Crippen LogP) is 1.65. The fourth-order valence-corrected chi connectivity index (χ4v) is 2.01. The van der Waals surface area contributed by atoms with Crippen molar-refractivity contribution in [3.8, 4) is 0 Å². The number of nitrogens with two attached hydrogens (primary N) is 1. The molecular weight excluding hydrogens is 260 g/mol. The number of anilines is 1. The van der Waals surface area contributed by atoms with Crippen LogP contribution in [0.3, 0.4) is 0 Å². The number of H-pyrrole nitrogens is 1. The van der Waals surface area contributed by atoms with Crippen molar-refractivity contribution in [2.24, 2.45) is 0 Å². The van der Waals surface area contributed by atoms with Gasteiger partial charge in [0.2, 0.25) is 0 Å². The number of pyridine rings is 1. The molecule has 2 rings (SSSR count). The van der Waals surface area contributed by atoms with Crippen molar-refractivity contribution in [3.63, 3.8) is 0 Å². The first kappa shape index (κ1) is 10.2. The number of nitrogen functional groups attached to an aromatic ring is 1. The lowest BCUT2D eigenvalue weighted by atomic mass is 10.3. The van der Waals surface area contributed by atoms with E-state index in [-0.39, 0.29) is 17.4 Å². The van der Waals surface area contributed by atoms with Crippen LogP contribution in [-0.4, -0.2) is 14.8 Å². The van der Waals surface area contributed by atoms with Gasteiger partial charge >= 0.3 is 0 Å². The Labute approximate surface area is 94.4 Å². The highest BCUT2D eigenvalue weighted by molar-refractivity contribution is 9.10. The number of rotatable bonds is 1. The molecule has 6 heteroatoms. The molecule has 2 heterocycles. The van der Waals surface area contributed by atoms with Gasteiger partial charge in [-0.2, -0.15) is 5.10 Å². The van der Waals surface area contributed by atoms with Gasteiger partial charge < -0.3 is 10.3 Å². The van der Waals surface area contributed by atoms with Crippen LogP contribution in [0.4, 0.5) is 5.82 Å². The number of aromatic nitrogens is 3. The summed E-state index contributed by atoms with van der Waals surface area (Å²) in [6.07, 6.45) is 1.74. The summed E-state index contributed by atoms with van der Waals surface area (Å²) in [5.41, 5.74) is 6.17. The van der Waals surface area contributed by atoms with Gasteiger partial charge in [0.15, 0.2) is 5.82 Å². The Morgan fingerprint density at radius 1 is 1.60 bits per heavy atom. The zero-order chi connectivity index (χ0) is 11.2. The van der Waals surface area contributed by atoms with Gasteiger partial charge in [-0.05, 0) is 29.8 Å². The van der Waals surface area contributed by atoms with Gasteiger partial charge in [0.05, 0.1) is 9.99 Å². The Hall–Kier alpha value is -1.30. The summed E-state index contributed by atoms with van der Waals surface area (Å²) in [5, 5.41) is 7.00. The van der Waals surface area contributed by atoms with Gasteiger partial charge in [0.25, 0.3) is 5.56 Å². The summed E-state index contributed by atoms with van der Waals surface area (Å²) in [6.45, 7) is 3.88. The van der Waals surface area contributed by atoms with E-state index in [0.717, 1.165) is 4.47 Å². The predicted molar refractivity (Wildman–Crippen MR) is 62.9 cm³/mol. The SMILES string of the molecule is CC(C)n1cc(Br)c2[nH]nc(N)c2c1=O. The molecule has 3 N–H and O–H groups in total. The van der Waals surface area contributed by atoms with Crippen LogP contribution >= 0.6 is 15.9 Å². The van der Waals surface area contributed by atoms with E-state index in [1.807, 2.05) is 13.8 Å². The Bertz CT molecular complexity index is 569. The number of halogens is 1. The second kappa shape index (κ2) is 3.37. The van der Waals surface area contributed by atoms with Gasteiger partial charge in [-0.25, -0.2) is 0 Å². The molecule has 0 unspecified atom stereocenters. The highest BCUT2D eigenvalue weighted by atomic mass is 79.9. The lowest BCUT2D eigenvalue weighted by Crippen LogP contribution is -2.21. The molecule has 80 valence electrons. The van der Waals surface area contributed by atoms with Crippen LogP contribution in [0, 0.1) is 0 Å². The summed E-state index contributed by atoms with van der Waals surface area (Å²) < 4.78 is 2.41. The monoisotopic (exact) mass is 270 g/mol. The van der Waals surface area contributed by atoms with Crippen molar-refractivity contribution in [3.05, 3.63) is 21.0 Å². The first-order chi connectivity index (χ1) is 7.02. The Balaban J connectivity index is 2.95. The maximum atomic E-state index is 12.0. The van der Waals surface area contributed by atoms with E-state index in [0.29, 0.717) is 10.9 Å². The normalized spacial score (nSPS) is 11.5. The molecule has 0 bridgehead atoms. The molecule has 0 radical (unpaired) electrons. The topological polar surface area (TPSA) is 76.7 Å². The van der Waals surface area contributed by atoms with Gasteiger partial charge in [0.1, 0.15) is 5.39 Å². The zero-order valence-electron chi connectivity index (χ0n) is 8.41. The van der Waals surface area contributed by atoms with Crippen LogP contribution in [-0.2, 0) is 0 Å². The summed E-state index contributed by atoms with van der Waals surface area (Å²) in [4.78, 5) is 12.0. The summed E-state index contributed by atoms with van der Waals surface area (Å²) in [6, 6.07) is 0.0903. The van der Waals surface area contributed by atoms with Gasteiger partial charge in [-0.15, -0.1) is 0 Å². The molecule has 15 heavy (non-hydrogen) atoms. The van der Waals surface area contributed by atoms with Crippen LogP contribution in [0.5, 0.6) is 0 Å². The van der Waals surface area contributed by atoms with Crippen molar-refractivity contribution < 1.29 is 0 Å². The minimum absolute atomic E-state index is 0.0903. The Kier molecular flexibility index (Phi) is 2.30. The minimum Gasteiger partial charge on any atom is -0.382 e. The maximum absolute atomic E-state index is 12.0. The fourth-order valence-electron chi connectivity index (χ4n) is 1.50. The summed E-state index contributed by atoms with van der Waals surface area (Å²) in [5.74, 6) is 0.241. The molecule has 5 nitrogen and oxygen atoms in total. The second-order valence-electron chi connectivity index (χ2n) is 3.64. The molecule has 2 aromatic rings. The molecule has 0 aliphatic heterocycles. The minimum atomic E-state index is -0.116. The molecular formula is C9H11BrN4O. The van der Waals surface area contributed by atoms with Crippen molar-refractivity contribution in [2.75, 3.05) is 5.73 Å². The zero-order valence-corrected chi connectivity index (χ0v) is 10.00. The summed E-state index contributed by atoms with van der Waals surface area (Å²) in [7, 11) is 0. The molecule has 2 aromatic heterocycles. The maximum Gasteiger partial charge on any atom is 0.264 e. The van der Waals surface area contributed by atoms with Crippen molar-refractivity contribution in [2.45, 2.75) is 19.9 Å². The van der Waals surface area contributed by atoms with E-state index in [4.69, 9.17) is 5.73 Å². The molecule has 0 amide bonds. The fraction of sp³-hybridized carbons (Fsp3) is 0.333. The van der Waals surface area contributed by atoms with Crippen LogP contribution in [0.15, 0.2) is 15.5 Å². The van der Waals surface area contributed by atoms with Gasteiger partial charge in [-0.3, -0.25) is 9.89 Å². The third kappa shape index (κ3) is 1.45. The van der Waals surface area contributed by atoms with Crippen molar-refractivity contribution >= 4 is 32.7 Å². The molecule has 0 saturated carbocycles. The van der Waals surface area contributed by atoms with Gasteiger partial charge in [0, 0.05) is 12.2 Å². The number of hydrogen-bond acceptors (Lipinski definition) is 3. The smallest absolute Gasteiger partial charge is 0.264 e. The molecule has 0 aliphatic carbocycles. The largest absolute Gasteiger partial charge is 0.382 e. The van der Waals surface area contributed by atoms with E-state index in [9.17, 15) is 4.79 Å². The average molecular weight is 271 g/mol. The number of hydrogen-bond donors (Lipinski definition) is 2. The number of nitrogens with one attached hydrogen (secondary N) is 1. The first-order valence-corrected chi connectivity index (χ1v) is 5.36. The molecule has 0 aromatic carbocycles. The molecule has 0 atom stereocenters. The first-order valence-electron chi connectivity index (χ1n) is 4.56.